The van der Waals surface area contributed by atoms with Crippen LogP contribution in [0.5, 0.6) is 0 Å². The summed E-state index contributed by atoms with van der Waals surface area (Å²) in [5.41, 5.74) is 1.12. The van der Waals surface area contributed by atoms with E-state index in [4.69, 9.17) is 0 Å². The molecule has 1 aromatic heterocycles. The topological polar surface area (TPSA) is 17.0 Å². The van der Waals surface area contributed by atoms with Crippen molar-refractivity contribution < 1.29 is 4.39 Å². The van der Waals surface area contributed by atoms with E-state index in [1.165, 1.54) is 31.7 Å². The second-order valence-corrected chi connectivity index (χ2v) is 6.14. The largest absolute Gasteiger partial charge is 0.346 e. The van der Waals surface area contributed by atoms with Crippen molar-refractivity contribution in [3.8, 4) is 0 Å². The maximum absolute atomic E-state index is 13.2. The molecule has 1 aliphatic carbocycles. The van der Waals surface area contributed by atoms with Gasteiger partial charge in [-0.3, -0.25) is 0 Å². The molecule has 2 unspecified atom stereocenters. The maximum Gasteiger partial charge on any atom is 0.123 e. The normalized spacial score (nSPS) is 23.3. The lowest BCUT2D eigenvalue weighted by atomic mass is 9.87. The lowest BCUT2D eigenvalue weighted by Crippen LogP contribution is -2.35. The second kappa shape index (κ2) is 5.96. The molecule has 0 spiro atoms. The smallest absolute Gasteiger partial charge is 0.123 e. The van der Waals surface area contributed by atoms with Crippen LogP contribution in [0.15, 0.2) is 30.5 Å². The van der Waals surface area contributed by atoms with Crippen LogP contribution in [0, 0.1) is 11.7 Å². The van der Waals surface area contributed by atoms with E-state index in [0.29, 0.717) is 6.04 Å². The Bertz CT molecular complexity index is 575. The van der Waals surface area contributed by atoms with Gasteiger partial charge in [-0.2, -0.15) is 0 Å². The zero-order valence-electron chi connectivity index (χ0n) is 12.1. The van der Waals surface area contributed by atoms with Crippen molar-refractivity contribution in [3.05, 3.63) is 36.3 Å². The predicted molar refractivity (Wildman–Crippen MR) is 81.3 cm³/mol. The monoisotopic (exact) mass is 274 g/mol. The van der Waals surface area contributed by atoms with Gasteiger partial charge >= 0.3 is 0 Å². The highest BCUT2D eigenvalue weighted by atomic mass is 19.1. The summed E-state index contributed by atoms with van der Waals surface area (Å²) in [6.07, 6.45) is 7.39. The van der Waals surface area contributed by atoms with Crippen molar-refractivity contribution in [2.45, 2.75) is 45.2 Å². The van der Waals surface area contributed by atoms with Gasteiger partial charge in [-0.15, -0.1) is 0 Å². The third-order valence-corrected chi connectivity index (χ3v) is 4.46. The number of fused-ring (bicyclic) bond motifs is 1. The summed E-state index contributed by atoms with van der Waals surface area (Å²) >= 11 is 0. The van der Waals surface area contributed by atoms with E-state index in [9.17, 15) is 4.39 Å². The van der Waals surface area contributed by atoms with Gasteiger partial charge in [0.05, 0.1) is 0 Å². The standard InChI is InChI=1S/C17H23FN2/c1-13-3-2-4-16(11-13)19-8-10-20-9-7-14-12-15(18)5-6-17(14)20/h5-7,9,12-13,16,19H,2-4,8,10-11H2,1H3. The Balaban J connectivity index is 1.57. The van der Waals surface area contributed by atoms with Gasteiger partial charge in [0, 0.05) is 36.2 Å². The molecular weight excluding hydrogens is 251 g/mol. The Hall–Kier alpha value is -1.35. The van der Waals surface area contributed by atoms with E-state index in [-0.39, 0.29) is 5.82 Å². The maximum atomic E-state index is 13.2. The summed E-state index contributed by atoms with van der Waals surface area (Å²) in [6, 6.07) is 7.67. The van der Waals surface area contributed by atoms with Gasteiger partial charge in [-0.05, 0) is 43.0 Å². The summed E-state index contributed by atoms with van der Waals surface area (Å²) in [5, 5.41) is 4.65. The molecule has 0 bridgehead atoms. The third kappa shape index (κ3) is 3.04. The first-order chi connectivity index (χ1) is 9.72. The fourth-order valence-electron chi connectivity index (χ4n) is 3.37. The van der Waals surface area contributed by atoms with E-state index in [1.807, 2.05) is 12.1 Å². The fourth-order valence-corrected chi connectivity index (χ4v) is 3.37. The van der Waals surface area contributed by atoms with Crippen molar-refractivity contribution in [2.24, 2.45) is 5.92 Å². The molecule has 2 aromatic rings. The lowest BCUT2D eigenvalue weighted by molar-refractivity contribution is 0.299. The van der Waals surface area contributed by atoms with Gasteiger partial charge < -0.3 is 9.88 Å². The molecule has 3 heteroatoms. The highest BCUT2D eigenvalue weighted by Crippen LogP contribution is 2.23. The highest BCUT2D eigenvalue weighted by molar-refractivity contribution is 5.80. The molecule has 0 radical (unpaired) electrons. The van der Waals surface area contributed by atoms with E-state index in [1.54, 1.807) is 6.07 Å². The molecule has 0 amide bonds. The number of halogens is 1. The second-order valence-electron chi connectivity index (χ2n) is 6.14. The van der Waals surface area contributed by atoms with E-state index < -0.39 is 0 Å². The number of nitrogens with zero attached hydrogens (tertiary/aromatic N) is 1. The number of rotatable bonds is 4. The van der Waals surface area contributed by atoms with Crippen molar-refractivity contribution in [1.29, 1.82) is 0 Å². The highest BCUT2D eigenvalue weighted by Gasteiger charge is 2.17. The Labute approximate surface area is 120 Å². The van der Waals surface area contributed by atoms with Gasteiger partial charge in [0.1, 0.15) is 5.82 Å². The summed E-state index contributed by atoms with van der Waals surface area (Å²) in [6.45, 7) is 4.28. The Morgan fingerprint density at radius 2 is 2.20 bits per heavy atom. The average Bonchev–Trinajstić information content (AvgIpc) is 2.81. The molecule has 1 saturated carbocycles. The molecule has 2 atom stereocenters. The number of benzene rings is 1. The zero-order valence-corrected chi connectivity index (χ0v) is 12.1. The molecule has 2 nitrogen and oxygen atoms in total. The number of hydrogen-bond acceptors (Lipinski definition) is 1. The van der Waals surface area contributed by atoms with Crippen molar-refractivity contribution in [1.82, 2.24) is 9.88 Å². The summed E-state index contributed by atoms with van der Waals surface area (Å²) in [4.78, 5) is 0. The number of nitrogens with one attached hydrogen (secondary N) is 1. The quantitative estimate of drug-likeness (QED) is 0.893. The molecule has 3 rings (SSSR count). The molecule has 1 fully saturated rings. The van der Waals surface area contributed by atoms with Crippen LogP contribution in [0.1, 0.15) is 32.6 Å². The van der Waals surface area contributed by atoms with E-state index in [2.05, 4.69) is 23.0 Å². The first-order valence-electron chi connectivity index (χ1n) is 7.70. The van der Waals surface area contributed by atoms with Gasteiger partial charge in [0.15, 0.2) is 0 Å². The molecular formula is C17H23FN2. The Morgan fingerprint density at radius 1 is 1.30 bits per heavy atom. The fraction of sp³-hybridized carbons (Fsp3) is 0.529. The van der Waals surface area contributed by atoms with Crippen LogP contribution in [0.3, 0.4) is 0 Å². The van der Waals surface area contributed by atoms with E-state index in [0.717, 1.165) is 29.9 Å². The van der Waals surface area contributed by atoms with E-state index >= 15 is 0 Å². The van der Waals surface area contributed by atoms with Gasteiger partial charge in [0.25, 0.3) is 0 Å². The molecule has 1 aliphatic rings. The van der Waals surface area contributed by atoms with Gasteiger partial charge in [-0.25, -0.2) is 4.39 Å². The first kappa shape index (κ1) is 13.6. The molecule has 20 heavy (non-hydrogen) atoms. The lowest BCUT2D eigenvalue weighted by Gasteiger charge is -2.27. The van der Waals surface area contributed by atoms with Crippen molar-refractivity contribution in [2.75, 3.05) is 6.54 Å². The van der Waals surface area contributed by atoms with Crippen LogP contribution in [0.25, 0.3) is 10.9 Å². The van der Waals surface area contributed by atoms with Crippen LogP contribution in [-0.4, -0.2) is 17.2 Å². The molecule has 0 aliphatic heterocycles. The molecule has 0 saturated heterocycles. The molecule has 108 valence electrons. The molecule has 1 N–H and O–H groups in total. The summed E-state index contributed by atoms with van der Waals surface area (Å²) in [5.74, 6) is 0.696. The minimum absolute atomic E-state index is 0.162. The van der Waals surface area contributed by atoms with Crippen molar-refractivity contribution in [3.63, 3.8) is 0 Å². The summed E-state index contributed by atoms with van der Waals surface area (Å²) < 4.78 is 15.4. The SMILES string of the molecule is CC1CCCC(NCCn2ccc3cc(F)ccc32)C1. The number of hydrogen-bond donors (Lipinski definition) is 1. The third-order valence-electron chi connectivity index (χ3n) is 4.46. The minimum atomic E-state index is -0.162. The predicted octanol–water partition coefficient (Wildman–Crippen LogP) is 3.95. The molecule has 1 aromatic carbocycles. The minimum Gasteiger partial charge on any atom is -0.346 e. The van der Waals surface area contributed by atoms with Crippen LogP contribution in [-0.2, 0) is 6.54 Å². The Kier molecular flexibility index (Phi) is 4.06. The molecule has 1 heterocycles. The van der Waals surface area contributed by atoms with Crippen LogP contribution in [0.4, 0.5) is 4.39 Å². The van der Waals surface area contributed by atoms with Gasteiger partial charge in [-0.1, -0.05) is 19.8 Å². The Morgan fingerprint density at radius 3 is 3.05 bits per heavy atom. The first-order valence-corrected chi connectivity index (χ1v) is 7.70. The van der Waals surface area contributed by atoms with Crippen LogP contribution < -0.4 is 5.32 Å². The van der Waals surface area contributed by atoms with Crippen LogP contribution >= 0.6 is 0 Å². The zero-order chi connectivity index (χ0) is 13.9. The average molecular weight is 274 g/mol. The number of aromatic nitrogens is 1. The van der Waals surface area contributed by atoms with Crippen molar-refractivity contribution >= 4 is 10.9 Å². The van der Waals surface area contributed by atoms with Gasteiger partial charge in [0.2, 0.25) is 0 Å². The van der Waals surface area contributed by atoms with Crippen LogP contribution in [0.2, 0.25) is 0 Å². The summed E-state index contributed by atoms with van der Waals surface area (Å²) in [7, 11) is 0.